The normalized spacial score (nSPS) is 24.8. The van der Waals surface area contributed by atoms with Crippen molar-refractivity contribution in [3.63, 3.8) is 0 Å². The van der Waals surface area contributed by atoms with Crippen LogP contribution in [0.4, 0.5) is 0 Å². The Morgan fingerprint density at radius 3 is 2.37 bits per heavy atom. The zero-order chi connectivity index (χ0) is 21.0. The van der Waals surface area contributed by atoms with Crippen LogP contribution in [0.5, 0.6) is 0 Å². The first-order chi connectivity index (χ1) is 14.5. The van der Waals surface area contributed by atoms with E-state index in [2.05, 4.69) is 17.0 Å². The van der Waals surface area contributed by atoms with Crippen LogP contribution in [0.25, 0.3) is 0 Å². The number of piperazine rings is 1. The molecule has 0 N–H and O–H groups in total. The maximum Gasteiger partial charge on any atom is 0.222 e. The van der Waals surface area contributed by atoms with E-state index >= 15 is 0 Å². The molecule has 1 unspecified atom stereocenters. The van der Waals surface area contributed by atoms with Crippen molar-refractivity contribution in [3.05, 3.63) is 35.9 Å². The lowest BCUT2D eigenvalue weighted by Gasteiger charge is -2.49. The second-order valence-corrected chi connectivity index (χ2v) is 9.09. The zero-order valence-electron chi connectivity index (χ0n) is 18.2. The maximum atomic E-state index is 12.7. The van der Waals surface area contributed by atoms with E-state index in [0.29, 0.717) is 12.5 Å². The average Bonchev–Trinajstić information content (AvgIpc) is 2.79. The summed E-state index contributed by atoms with van der Waals surface area (Å²) in [6.07, 6.45) is 5.40. The van der Waals surface area contributed by atoms with Gasteiger partial charge in [0.25, 0.3) is 0 Å². The number of hydrogen-bond acceptors (Lipinski definition) is 4. The number of carbonyl (C=O) groups is 2. The van der Waals surface area contributed by atoms with E-state index in [4.69, 9.17) is 4.74 Å². The molecule has 2 amide bonds. The highest BCUT2D eigenvalue weighted by atomic mass is 16.5. The average molecular weight is 414 g/mol. The van der Waals surface area contributed by atoms with Gasteiger partial charge >= 0.3 is 0 Å². The van der Waals surface area contributed by atoms with Gasteiger partial charge in [0.05, 0.1) is 5.60 Å². The standard InChI is InChI=1S/C24H35N3O3/c1-20(28)25-14-16-26(17-15-25)22-9-18-30-24(19-22)10-12-27(13-11-24)23(29)8-7-21-5-3-2-4-6-21/h2-6,22H,7-19H2,1H3. The Bertz CT molecular complexity index is 722. The second kappa shape index (κ2) is 9.48. The Balaban J connectivity index is 1.25. The molecule has 3 heterocycles. The number of nitrogens with zero attached hydrogens (tertiary/aromatic N) is 3. The van der Waals surface area contributed by atoms with Gasteiger partial charge in [-0.05, 0) is 37.7 Å². The van der Waals surface area contributed by atoms with Crippen molar-refractivity contribution in [1.29, 1.82) is 0 Å². The Morgan fingerprint density at radius 1 is 1.00 bits per heavy atom. The molecule has 0 saturated carbocycles. The SMILES string of the molecule is CC(=O)N1CCN(C2CCOC3(CCN(C(=O)CCc4ccccc4)CC3)C2)CC1. The molecule has 3 saturated heterocycles. The van der Waals surface area contributed by atoms with Gasteiger partial charge in [-0.1, -0.05) is 30.3 Å². The van der Waals surface area contributed by atoms with Crippen molar-refractivity contribution in [2.45, 2.75) is 57.1 Å². The molecular formula is C24H35N3O3. The minimum atomic E-state index is -0.0726. The second-order valence-electron chi connectivity index (χ2n) is 9.09. The zero-order valence-corrected chi connectivity index (χ0v) is 18.2. The van der Waals surface area contributed by atoms with Crippen LogP contribution in [0.1, 0.15) is 44.6 Å². The first-order valence-electron chi connectivity index (χ1n) is 11.5. The number of hydrogen-bond donors (Lipinski definition) is 0. The molecule has 164 valence electrons. The number of piperidine rings is 1. The van der Waals surface area contributed by atoms with Crippen LogP contribution in [-0.2, 0) is 20.7 Å². The molecule has 3 fully saturated rings. The van der Waals surface area contributed by atoms with Gasteiger partial charge in [0.15, 0.2) is 0 Å². The molecule has 0 aromatic heterocycles. The summed E-state index contributed by atoms with van der Waals surface area (Å²) in [5.41, 5.74) is 1.15. The molecule has 1 aromatic carbocycles. The number of amides is 2. The predicted octanol–water partition coefficient (Wildman–Crippen LogP) is 2.32. The number of likely N-dealkylation sites (tertiary alicyclic amines) is 1. The molecule has 1 atom stereocenters. The predicted molar refractivity (Wildman–Crippen MR) is 116 cm³/mol. The van der Waals surface area contributed by atoms with Gasteiger partial charge in [-0.15, -0.1) is 0 Å². The first kappa shape index (κ1) is 21.3. The van der Waals surface area contributed by atoms with Gasteiger partial charge in [0, 0.05) is 65.3 Å². The Kier molecular flexibility index (Phi) is 6.74. The van der Waals surface area contributed by atoms with E-state index in [1.807, 2.05) is 28.0 Å². The Morgan fingerprint density at radius 2 is 1.70 bits per heavy atom. The highest BCUT2D eigenvalue weighted by molar-refractivity contribution is 5.76. The lowest BCUT2D eigenvalue weighted by Crippen LogP contribution is -2.57. The molecule has 0 aliphatic carbocycles. The largest absolute Gasteiger partial charge is 0.375 e. The van der Waals surface area contributed by atoms with Gasteiger partial charge in [0.1, 0.15) is 0 Å². The van der Waals surface area contributed by atoms with Crippen molar-refractivity contribution >= 4 is 11.8 Å². The van der Waals surface area contributed by atoms with Crippen LogP contribution in [-0.4, -0.2) is 84.0 Å². The summed E-state index contributed by atoms with van der Waals surface area (Å²) in [5, 5.41) is 0. The molecule has 1 spiro atoms. The molecule has 3 aliphatic heterocycles. The fourth-order valence-corrected chi connectivity index (χ4v) is 5.28. The fraction of sp³-hybridized carbons (Fsp3) is 0.667. The highest BCUT2D eigenvalue weighted by Gasteiger charge is 2.42. The summed E-state index contributed by atoms with van der Waals surface area (Å²) in [4.78, 5) is 30.8. The van der Waals surface area contributed by atoms with E-state index in [1.165, 1.54) is 5.56 Å². The van der Waals surface area contributed by atoms with Crippen molar-refractivity contribution in [2.24, 2.45) is 0 Å². The van der Waals surface area contributed by atoms with Crippen LogP contribution in [0, 0.1) is 0 Å². The van der Waals surface area contributed by atoms with E-state index in [9.17, 15) is 9.59 Å². The maximum absolute atomic E-state index is 12.7. The number of carbonyl (C=O) groups excluding carboxylic acids is 2. The number of ether oxygens (including phenoxy) is 1. The minimum Gasteiger partial charge on any atom is -0.375 e. The third kappa shape index (κ3) is 5.03. The Hall–Kier alpha value is -1.92. The third-order valence-corrected chi connectivity index (χ3v) is 7.24. The van der Waals surface area contributed by atoms with Crippen molar-refractivity contribution in [3.8, 4) is 0 Å². The van der Waals surface area contributed by atoms with Crippen LogP contribution in [0.15, 0.2) is 30.3 Å². The quantitative estimate of drug-likeness (QED) is 0.760. The summed E-state index contributed by atoms with van der Waals surface area (Å²) >= 11 is 0. The molecule has 0 bridgehead atoms. The fourth-order valence-electron chi connectivity index (χ4n) is 5.28. The van der Waals surface area contributed by atoms with Gasteiger partial charge in [0.2, 0.25) is 11.8 Å². The van der Waals surface area contributed by atoms with Crippen molar-refractivity contribution in [1.82, 2.24) is 14.7 Å². The summed E-state index contributed by atoms with van der Waals surface area (Å²) in [5.74, 6) is 0.448. The molecule has 1 aromatic rings. The van der Waals surface area contributed by atoms with E-state index in [0.717, 1.165) is 78.0 Å². The minimum absolute atomic E-state index is 0.0726. The van der Waals surface area contributed by atoms with Crippen LogP contribution in [0.2, 0.25) is 0 Å². The van der Waals surface area contributed by atoms with Gasteiger partial charge in [-0.3, -0.25) is 14.5 Å². The molecule has 6 nitrogen and oxygen atoms in total. The van der Waals surface area contributed by atoms with Gasteiger partial charge < -0.3 is 14.5 Å². The van der Waals surface area contributed by atoms with Gasteiger partial charge in [-0.2, -0.15) is 0 Å². The lowest BCUT2D eigenvalue weighted by atomic mass is 9.81. The van der Waals surface area contributed by atoms with Crippen molar-refractivity contribution < 1.29 is 14.3 Å². The number of rotatable bonds is 4. The molecule has 3 aliphatic rings. The summed E-state index contributed by atoms with van der Waals surface area (Å²) in [6, 6.07) is 10.8. The molecule has 0 radical (unpaired) electrons. The summed E-state index contributed by atoms with van der Waals surface area (Å²) < 4.78 is 6.32. The third-order valence-electron chi connectivity index (χ3n) is 7.24. The molecule has 4 rings (SSSR count). The summed E-state index contributed by atoms with van der Waals surface area (Å²) in [7, 11) is 0. The first-order valence-corrected chi connectivity index (χ1v) is 11.5. The number of benzene rings is 1. The monoisotopic (exact) mass is 413 g/mol. The molecule has 6 heteroatoms. The lowest BCUT2D eigenvalue weighted by molar-refractivity contribution is -0.151. The van der Waals surface area contributed by atoms with E-state index in [-0.39, 0.29) is 17.4 Å². The van der Waals surface area contributed by atoms with Crippen LogP contribution in [0.3, 0.4) is 0 Å². The van der Waals surface area contributed by atoms with E-state index < -0.39 is 0 Å². The topological polar surface area (TPSA) is 53.1 Å². The van der Waals surface area contributed by atoms with Gasteiger partial charge in [-0.25, -0.2) is 0 Å². The molecule has 30 heavy (non-hydrogen) atoms. The number of aryl methyl sites for hydroxylation is 1. The summed E-state index contributed by atoms with van der Waals surface area (Å²) in [6.45, 7) is 7.67. The van der Waals surface area contributed by atoms with Crippen molar-refractivity contribution in [2.75, 3.05) is 45.9 Å². The smallest absolute Gasteiger partial charge is 0.222 e. The van der Waals surface area contributed by atoms with Crippen LogP contribution < -0.4 is 0 Å². The molecular weight excluding hydrogens is 378 g/mol. The Labute approximate surface area is 180 Å². The highest BCUT2D eigenvalue weighted by Crippen LogP contribution is 2.37. The van der Waals surface area contributed by atoms with E-state index in [1.54, 1.807) is 6.92 Å². The van der Waals surface area contributed by atoms with Crippen LogP contribution >= 0.6 is 0 Å².